The summed E-state index contributed by atoms with van der Waals surface area (Å²) in [5.74, 6) is 1.16. The lowest BCUT2D eigenvalue weighted by Crippen LogP contribution is -2.31. The van der Waals surface area contributed by atoms with Crippen LogP contribution in [0.25, 0.3) is 0 Å². The van der Waals surface area contributed by atoms with Gasteiger partial charge in [0.05, 0.1) is 18.9 Å². The summed E-state index contributed by atoms with van der Waals surface area (Å²) in [6, 6.07) is 14.4. The Morgan fingerprint density at radius 2 is 2.04 bits per heavy atom. The first-order valence-electron chi connectivity index (χ1n) is 8.95. The van der Waals surface area contributed by atoms with Crippen LogP contribution in [-0.2, 0) is 11.2 Å². The molecule has 0 saturated carbocycles. The van der Waals surface area contributed by atoms with E-state index in [0.717, 1.165) is 39.9 Å². The maximum Gasteiger partial charge on any atom is 0.242 e. The molecule has 0 aromatic heterocycles. The molecule has 4 rings (SSSR count). The molecule has 1 amide bonds. The minimum atomic E-state index is -0.0270. The second kappa shape index (κ2) is 6.88. The Balaban J connectivity index is 1.78. The van der Waals surface area contributed by atoms with Crippen molar-refractivity contribution in [3.05, 3.63) is 63.6 Å². The quantitative estimate of drug-likeness (QED) is 0.731. The summed E-state index contributed by atoms with van der Waals surface area (Å²) in [7, 11) is 1.69. The molecule has 0 N–H and O–H groups in total. The molecule has 0 fully saturated rings. The summed E-state index contributed by atoms with van der Waals surface area (Å²) in [5.41, 5.74) is 4.56. The van der Waals surface area contributed by atoms with Crippen molar-refractivity contribution in [1.29, 1.82) is 0 Å². The number of carbonyl (C=O) groups is 1. The van der Waals surface area contributed by atoms with Crippen molar-refractivity contribution in [2.24, 2.45) is 11.0 Å². The molecule has 5 heteroatoms. The first kappa shape index (κ1) is 17.3. The van der Waals surface area contributed by atoms with E-state index in [1.54, 1.807) is 12.1 Å². The number of benzene rings is 2. The molecular weight excluding hydrogens is 392 g/mol. The van der Waals surface area contributed by atoms with Gasteiger partial charge in [0.2, 0.25) is 5.91 Å². The number of aryl methyl sites for hydroxylation is 1. The Morgan fingerprint density at radius 3 is 2.73 bits per heavy atom. The lowest BCUT2D eigenvalue weighted by atomic mass is 9.77. The fraction of sp³-hybridized carbons (Fsp3) is 0.333. The number of fused-ring (bicyclic) bond motifs is 3. The molecule has 4 nitrogen and oxygen atoms in total. The average molecular weight is 413 g/mol. The van der Waals surface area contributed by atoms with Crippen LogP contribution >= 0.6 is 15.9 Å². The molecule has 2 atom stereocenters. The molecule has 2 aromatic rings. The number of hydrazone groups is 1. The van der Waals surface area contributed by atoms with Gasteiger partial charge in [-0.05, 0) is 54.3 Å². The molecule has 0 bridgehead atoms. The van der Waals surface area contributed by atoms with E-state index in [1.165, 1.54) is 5.56 Å². The van der Waals surface area contributed by atoms with E-state index >= 15 is 0 Å². The normalized spacial score (nSPS) is 21.0. The summed E-state index contributed by atoms with van der Waals surface area (Å²) in [4.78, 5) is 12.6. The molecule has 2 aromatic carbocycles. The van der Waals surface area contributed by atoms with Gasteiger partial charge in [0.1, 0.15) is 5.75 Å². The third-order valence-electron chi connectivity index (χ3n) is 5.29. The van der Waals surface area contributed by atoms with E-state index in [4.69, 9.17) is 9.84 Å². The molecule has 134 valence electrons. The smallest absolute Gasteiger partial charge is 0.242 e. The van der Waals surface area contributed by atoms with Gasteiger partial charge in [0.25, 0.3) is 0 Å². The van der Waals surface area contributed by atoms with Crippen molar-refractivity contribution < 1.29 is 9.53 Å². The number of rotatable bonds is 3. The second-order valence-electron chi connectivity index (χ2n) is 6.74. The number of carbonyl (C=O) groups excluding carboxylic acids is 1. The zero-order valence-electron chi connectivity index (χ0n) is 14.9. The minimum absolute atomic E-state index is 0.0270. The van der Waals surface area contributed by atoms with Crippen molar-refractivity contribution in [3.63, 3.8) is 0 Å². The largest absolute Gasteiger partial charge is 0.497 e. The lowest BCUT2D eigenvalue weighted by Gasteiger charge is -2.29. The number of amides is 1. The van der Waals surface area contributed by atoms with Crippen LogP contribution in [-0.4, -0.2) is 23.7 Å². The van der Waals surface area contributed by atoms with E-state index in [1.807, 2.05) is 25.1 Å². The van der Waals surface area contributed by atoms with E-state index in [0.29, 0.717) is 6.42 Å². The molecule has 0 spiro atoms. The first-order chi connectivity index (χ1) is 12.6. The van der Waals surface area contributed by atoms with Crippen LogP contribution in [0.4, 0.5) is 0 Å². The third-order valence-corrected chi connectivity index (χ3v) is 5.82. The Hall–Kier alpha value is -2.14. The number of methoxy groups -OCH3 is 1. The summed E-state index contributed by atoms with van der Waals surface area (Å²) < 4.78 is 6.40. The molecule has 26 heavy (non-hydrogen) atoms. The summed E-state index contributed by atoms with van der Waals surface area (Å²) in [6.45, 7) is 1.89. The molecule has 0 unspecified atom stereocenters. The van der Waals surface area contributed by atoms with E-state index in [-0.39, 0.29) is 17.9 Å². The molecule has 0 radical (unpaired) electrons. The molecule has 0 saturated heterocycles. The van der Waals surface area contributed by atoms with Crippen molar-refractivity contribution in [2.75, 3.05) is 7.11 Å². The van der Waals surface area contributed by atoms with Crippen molar-refractivity contribution >= 4 is 27.5 Å². The van der Waals surface area contributed by atoms with Gasteiger partial charge in [-0.2, -0.15) is 5.10 Å². The van der Waals surface area contributed by atoms with Crippen molar-refractivity contribution in [3.8, 4) is 5.75 Å². The number of nitrogens with zero attached hydrogens (tertiary/aromatic N) is 2. The van der Waals surface area contributed by atoms with Gasteiger partial charge in [-0.25, -0.2) is 5.01 Å². The average Bonchev–Trinajstić information content (AvgIpc) is 3.07. The summed E-state index contributed by atoms with van der Waals surface area (Å²) in [5, 5.41) is 6.52. The highest BCUT2D eigenvalue weighted by atomic mass is 79.9. The standard InChI is InChI=1S/C21H21BrN2O2/c1-3-19(25)24-21(13-4-7-15(22)8-5-13)18-10-6-14-12-16(26-2)9-11-17(14)20(18)23-24/h4-5,7-9,11-12,18,21H,3,6,10H2,1-2H3/t18-,21+/m1/s1. The Bertz CT molecular complexity index is 876. The Kier molecular flexibility index (Phi) is 4.57. The van der Waals surface area contributed by atoms with Crippen molar-refractivity contribution in [2.45, 2.75) is 32.2 Å². The number of hydrogen-bond acceptors (Lipinski definition) is 3. The van der Waals surface area contributed by atoms with Crippen LogP contribution in [0.15, 0.2) is 52.0 Å². The molecule has 1 aliphatic carbocycles. The SMILES string of the molecule is CCC(=O)N1N=C2c3ccc(OC)cc3CC[C@H]2[C@@H]1c1ccc(Br)cc1. The zero-order chi connectivity index (χ0) is 18.3. The molecule has 1 aliphatic heterocycles. The number of ether oxygens (including phenoxy) is 1. The topological polar surface area (TPSA) is 41.9 Å². The van der Waals surface area contributed by atoms with Gasteiger partial charge < -0.3 is 4.74 Å². The maximum absolute atomic E-state index is 12.6. The van der Waals surface area contributed by atoms with Crippen LogP contribution < -0.4 is 4.74 Å². The van der Waals surface area contributed by atoms with Gasteiger partial charge in [0.15, 0.2) is 0 Å². The predicted molar refractivity (Wildman–Crippen MR) is 105 cm³/mol. The Labute approximate surface area is 162 Å². The monoisotopic (exact) mass is 412 g/mol. The van der Waals surface area contributed by atoms with Gasteiger partial charge in [0, 0.05) is 22.4 Å². The van der Waals surface area contributed by atoms with Crippen LogP contribution in [0.5, 0.6) is 5.75 Å². The zero-order valence-corrected chi connectivity index (χ0v) is 16.5. The highest BCUT2D eigenvalue weighted by Gasteiger charge is 2.43. The predicted octanol–water partition coefficient (Wildman–Crippen LogP) is 4.72. The highest BCUT2D eigenvalue weighted by Crippen LogP contribution is 2.44. The number of hydrogen-bond donors (Lipinski definition) is 0. The van der Waals surface area contributed by atoms with Crippen LogP contribution in [0.1, 0.15) is 42.5 Å². The van der Waals surface area contributed by atoms with Crippen LogP contribution in [0.3, 0.4) is 0 Å². The molecule has 2 aliphatic rings. The minimum Gasteiger partial charge on any atom is -0.497 e. The third kappa shape index (κ3) is 2.84. The fourth-order valence-electron chi connectivity index (χ4n) is 3.99. The van der Waals surface area contributed by atoms with Gasteiger partial charge in [-0.15, -0.1) is 0 Å². The Morgan fingerprint density at radius 1 is 1.27 bits per heavy atom. The first-order valence-corrected chi connectivity index (χ1v) is 9.75. The summed E-state index contributed by atoms with van der Waals surface area (Å²) >= 11 is 3.49. The summed E-state index contributed by atoms with van der Waals surface area (Å²) in [6.07, 6.45) is 2.40. The van der Waals surface area contributed by atoms with Crippen molar-refractivity contribution in [1.82, 2.24) is 5.01 Å². The van der Waals surface area contributed by atoms with Gasteiger partial charge in [-0.3, -0.25) is 4.79 Å². The second-order valence-corrected chi connectivity index (χ2v) is 7.66. The molecule has 1 heterocycles. The fourth-order valence-corrected chi connectivity index (χ4v) is 4.26. The van der Waals surface area contributed by atoms with Gasteiger partial charge in [-0.1, -0.05) is 35.0 Å². The van der Waals surface area contributed by atoms with E-state index in [2.05, 4.69) is 40.2 Å². The maximum atomic E-state index is 12.6. The van der Waals surface area contributed by atoms with Crippen LogP contribution in [0, 0.1) is 5.92 Å². The van der Waals surface area contributed by atoms with Crippen LogP contribution in [0.2, 0.25) is 0 Å². The van der Waals surface area contributed by atoms with E-state index in [9.17, 15) is 4.79 Å². The molecular formula is C21H21BrN2O2. The van der Waals surface area contributed by atoms with Gasteiger partial charge >= 0.3 is 0 Å². The van der Waals surface area contributed by atoms with E-state index < -0.39 is 0 Å². The lowest BCUT2D eigenvalue weighted by molar-refractivity contribution is -0.133. The number of halogens is 1. The highest BCUT2D eigenvalue weighted by molar-refractivity contribution is 9.10.